The Morgan fingerprint density at radius 1 is 1.17 bits per heavy atom. The van der Waals surface area contributed by atoms with Crippen LogP contribution in [0.15, 0.2) is 0 Å². The zero-order chi connectivity index (χ0) is 13.0. The van der Waals surface area contributed by atoms with E-state index in [1.54, 1.807) is 11.8 Å². The van der Waals surface area contributed by atoms with E-state index in [1.807, 2.05) is 0 Å². The van der Waals surface area contributed by atoms with Gasteiger partial charge in [0.1, 0.15) is 0 Å². The maximum absolute atomic E-state index is 11.8. The van der Waals surface area contributed by atoms with Crippen LogP contribution in [0.2, 0.25) is 0 Å². The van der Waals surface area contributed by atoms with E-state index in [2.05, 4.69) is 4.90 Å². The second kappa shape index (κ2) is 6.18. The first-order valence-electron chi connectivity index (χ1n) is 6.92. The molecule has 102 valence electrons. The van der Waals surface area contributed by atoms with Crippen LogP contribution in [0, 0.1) is 0 Å². The Bertz CT molecular complexity index is 313. The number of rotatable bonds is 2. The van der Waals surface area contributed by atoms with Crippen molar-refractivity contribution in [3.8, 4) is 0 Å². The minimum absolute atomic E-state index is 0.258. The molecule has 0 spiro atoms. The van der Waals surface area contributed by atoms with Crippen molar-refractivity contribution in [1.82, 2.24) is 9.80 Å². The highest BCUT2D eigenvalue weighted by Gasteiger charge is 2.33. The maximum atomic E-state index is 11.8. The Kier molecular flexibility index (Phi) is 4.58. The second-order valence-corrected chi connectivity index (χ2v) is 5.01. The summed E-state index contributed by atoms with van der Waals surface area (Å²) in [5.74, 6) is -1.19. The third-order valence-electron chi connectivity index (χ3n) is 3.81. The highest BCUT2D eigenvalue weighted by atomic mass is 16.5. The third kappa shape index (κ3) is 3.02. The number of carbonyl (C=O) groups is 2. The molecular weight excluding hydrogens is 232 g/mol. The van der Waals surface area contributed by atoms with Gasteiger partial charge in [-0.05, 0) is 39.3 Å². The number of likely N-dealkylation sites (tertiary alicyclic amines) is 2. The van der Waals surface area contributed by atoms with Gasteiger partial charge in [0.25, 0.3) is 0 Å². The fraction of sp³-hybridized carbons (Fsp3) is 0.846. The summed E-state index contributed by atoms with van der Waals surface area (Å²) in [7, 11) is 0. The van der Waals surface area contributed by atoms with E-state index in [1.165, 1.54) is 19.3 Å². The van der Waals surface area contributed by atoms with Crippen molar-refractivity contribution in [1.29, 1.82) is 0 Å². The molecule has 0 aromatic rings. The van der Waals surface area contributed by atoms with Crippen molar-refractivity contribution in [3.05, 3.63) is 0 Å². The number of esters is 1. The Hall–Kier alpha value is -1.10. The lowest BCUT2D eigenvalue weighted by Gasteiger charge is -2.32. The van der Waals surface area contributed by atoms with Gasteiger partial charge in [0.05, 0.1) is 6.61 Å². The van der Waals surface area contributed by atoms with Crippen molar-refractivity contribution < 1.29 is 14.3 Å². The zero-order valence-electron chi connectivity index (χ0n) is 11.1. The molecule has 0 aliphatic carbocycles. The first-order valence-corrected chi connectivity index (χ1v) is 6.92. The molecule has 5 heteroatoms. The monoisotopic (exact) mass is 254 g/mol. The van der Waals surface area contributed by atoms with E-state index >= 15 is 0 Å². The Labute approximate surface area is 108 Å². The average molecular weight is 254 g/mol. The zero-order valence-corrected chi connectivity index (χ0v) is 11.1. The van der Waals surface area contributed by atoms with Gasteiger partial charge in [-0.15, -0.1) is 0 Å². The SMILES string of the molecule is CCOC(=O)C(=O)N1CCC(N2CCCCC2)C1. The van der Waals surface area contributed by atoms with Gasteiger partial charge in [0.2, 0.25) is 0 Å². The normalized spacial score (nSPS) is 25.2. The highest BCUT2D eigenvalue weighted by molar-refractivity contribution is 6.32. The van der Waals surface area contributed by atoms with Crippen LogP contribution in [-0.4, -0.2) is 60.5 Å². The summed E-state index contributed by atoms with van der Waals surface area (Å²) in [6, 6.07) is 0.434. The summed E-state index contributed by atoms with van der Waals surface area (Å²) >= 11 is 0. The van der Waals surface area contributed by atoms with Crippen molar-refractivity contribution in [3.63, 3.8) is 0 Å². The summed E-state index contributed by atoms with van der Waals surface area (Å²) < 4.78 is 4.75. The number of nitrogens with zero attached hydrogens (tertiary/aromatic N) is 2. The Balaban J connectivity index is 1.83. The van der Waals surface area contributed by atoms with E-state index in [0.717, 1.165) is 19.5 Å². The van der Waals surface area contributed by atoms with Crippen molar-refractivity contribution in [2.45, 2.75) is 38.6 Å². The van der Waals surface area contributed by atoms with Crippen LogP contribution < -0.4 is 0 Å². The summed E-state index contributed by atoms with van der Waals surface area (Å²) in [6.45, 7) is 5.59. The van der Waals surface area contributed by atoms with Gasteiger partial charge in [-0.3, -0.25) is 9.69 Å². The summed E-state index contributed by atoms with van der Waals surface area (Å²) in [6.07, 6.45) is 4.80. The van der Waals surface area contributed by atoms with E-state index in [-0.39, 0.29) is 6.61 Å². The molecular formula is C13H22N2O3. The topological polar surface area (TPSA) is 49.9 Å². The molecule has 2 fully saturated rings. The van der Waals surface area contributed by atoms with E-state index < -0.39 is 11.9 Å². The second-order valence-electron chi connectivity index (χ2n) is 5.01. The van der Waals surface area contributed by atoms with E-state index in [0.29, 0.717) is 19.1 Å². The minimum Gasteiger partial charge on any atom is -0.459 e. The molecule has 5 nitrogen and oxygen atoms in total. The number of hydrogen-bond donors (Lipinski definition) is 0. The number of hydrogen-bond acceptors (Lipinski definition) is 4. The van der Waals surface area contributed by atoms with Gasteiger partial charge in [-0.25, -0.2) is 4.79 Å². The largest absolute Gasteiger partial charge is 0.459 e. The smallest absolute Gasteiger partial charge is 0.397 e. The quantitative estimate of drug-likeness (QED) is 0.536. The van der Waals surface area contributed by atoms with Crippen LogP contribution >= 0.6 is 0 Å². The molecule has 2 saturated heterocycles. The molecule has 0 bridgehead atoms. The number of carbonyl (C=O) groups excluding carboxylic acids is 2. The number of ether oxygens (including phenoxy) is 1. The molecule has 18 heavy (non-hydrogen) atoms. The molecule has 1 amide bonds. The summed E-state index contributed by atoms with van der Waals surface area (Å²) in [5.41, 5.74) is 0. The summed E-state index contributed by atoms with van der Waals surface area (Å²) in [5, 5.41) is 0. The van der Waals surface area contributed by atoms with E-state index in [4.69, 9.17) is 4.74 Å². The number of piperidine rings is 1. The summed E-state index contributed by atoms with van der Waals surface area (Å²) in [4.78, 5) is 27.3. The van der Waals surface area contributed by atoms with Crippen LogP contribution in [0.5, 0.6) is 0 Å². The molecule has 0 saturated carbocycles. The standard InChI is InChI=1S/C13H22N2O3/c1-2-18-13(17)12(16)15-9-6-11(10-15)14-7-4-3-5-8-14/h11H,2-10H2,1H3. The van der Waals surface area contributed by atoms with Gasteiger partial charge < -0.3 is 9.64 Å². The average Bonchev–Trinajstić information content (AvgIpc) is 2.89. The van der Waals surface area contributed by atoms with Gasteiger partial charge in [0.15, 0.2) is 0 Å². The van der Waals surface area contributed by atoms with Crippen LogP contribution in [0.3, 0.4) is 0 Å². The molecule has 0 radical (unpaired) electrons. The molecule has 2 heterocycles. The van der Waals surface area contributed by atoms with Crippen LogP contribution in [0.4, 0.5) is 0 Å². The molecule has 2 rings (SSSR count). The highest BCUT2D eigenvalue weighted by Crippen LogP contribution is 2.20. The molecule has 1 unspecified atom stereocenters. The number of amides is 1. The van der Waals surface area contributed by atoms with Crippen molar-refractivity contribution >= 4 is 11.9 Å². The predicted molar refractivity (Wildman–Crippen MR) is 67.0 cm³/mol. The maximum Gasteiger partial charge on any atom is 0.397 e. The lowest BCUT2D eigenvalue weighted by atomic mass is 10.1. The fourth-order valence-electron chi connectivity index (χ4n) is 2.83. The van der Waals surface area contributed by atoms with E-state index in [9.17, 15) is 9.59 Å². The van der Waals surface area contributed by atoms with Gasteiger partial charge in [0, 0.05) is 19.1 Å². The van der Waals surface area contributed by atoms with Crippen LogP contribution in [0.1, 0.15) is 32.6 Å². The molecule has 2 aliphatic rings. The van der Waals surface area contributed by atoms with Crippen molar-refractivity contribution in [2.75, 3.05) is 32.8 Å². The molecule has 0 aromatic heterocycles. The Morgan fingerprint density at radius 2 is 1.89 bits per heavy atom. The molecule has 0 N–H and O–H groups in total. The first kappa shape index (κ1) is 13.3. The fourth-order valence-corrected chi connectivity index (χ4v) is 2.83. The van der Waals surface area contributed by atoms with Crippen LogP contribution in [-0.2, 0) is 14.3 Å². The van der Waals surface area contributed by atoms with Crippen molar-refractivity contribution in [2.24, 2.45) is 0 Å². The third-order valence-corrected chi connectivity index (χ3v) is 3.81. The first-order chi connectivity index (χ1) is 8.72. The Morgan fingerprint density at radius 3 is 2.56 bits per heavy atom. The van der Waals surface area contributed by atoms with Gasteiger partial charge in [-0.2, -0.15) is 0 Å². The lowest BCUT2D eigenvalue weighted by molar-refractivity contribution is -0.159. The predicted octanol–water partition coefficient (Wildman–Crippen LogP) is 0.636. The van der Waals surface area contributed by atoms with Gasteiger partial charge >= 0.3 is 11.9 Å². The lowest BCUT2D eigenvalue weighted by Crippen LogP contribution is -2.43. The molecule has 2 aliphatic heterocycles. The van der Waals surface area contributed by atoms with Crippen LogP contribution in [0.25, 0.3) is 0 Å². The minimum atomic E-state index is -0.711. The molecule has 1 atom stereocenters. The van der Waals surface area contributed by atoms with Gasteiger partial charge in [-0.1, -0.05) is 6.42 Å². The molecule has 0 aromatic carbocycles.